The van der Waals surface area contributed by atoms with Crippen LogP contribution in [0.3, 0.4) is 0 Å². The van der Waals surface area contributed by atoms with Gasteiger partial charge < -0.3 is 4.98 Å². The summed E-state index contributed by atoms with van der Waals surface area (Å²) in [6, 6.07) is 0. The number of aromatic amines is 1. The standard InChI is InChI=1S/C11H19N3O2S2/c1-9-12-8-10(13-9)18(15,16)14-5-4-11(2,3)17-7-6-14/h8H,4-7H2,1-3H3,(H,12,13). The van der Waals surface area contributed by atoms with Crippen molar-refractivity contribution in [1.29, 1.82) is 0 Å². The second kappa shape index (κ2) is 4.86. The summed E-state index contributed by atoms with van der Waals surface area (Å²) in [5.74, 6) is 1.46. The average molecular weight is 289 g/mol. The van der Waals surface area contributed by atoms with Crippen LogP contribution >= 0.6 is 11.8 Å². The molecule has 0 bridgehead atoms. The van der Waals surface area contributed by atoms with E-state index in [1.165, 1.54) is 6.20 Å². The van der Waals surface area contributed by atoms with Crippen molar-refractivity contribution < 1.29 is 8.42 Å². The highest BCUT2D eigenvalue weighted by Crippen LogP contribution is 2.32. The molecule has 0 radical (unpaired) electrons. The van der Waals surface area contributed by atoms with Gasteiger partial charge in [0, 0.05) is 23.6 Å². The lowest BCUT2D eigenvalue weighted by Gasteiger charge is -2.21. The van der Waals surface area contributed by atoms with Gasteiger partial charge in [-0.15, -0.1) is 0 Å². The Morgan fingerprint density at radius 3 is 2.78 bits per heavy atom. The number of aromatic nitrogens is 2. The molecule has 1 saturated heterocycles. The Balaban J connectivity index is 2.21. The Hall–Kier alpha value is -0.530. The normalized spacial score (nSPS) is 21.7. The van der Waals surface area contributed by atoms with Crippen molar-refractivity contribution in [3.8, 4) is 0 Å². The van der Waals surface area contributed by atoms with Gasteiger partial charge in [0.1, 0.15) is 5.82 Å². The molecule has 102 valence electrons. The maximum absolute atomic E-state index is 12.4. The van der Waals surface area contributed by atoms with E-state index in [2.05, 4.69) is 23.8 Å². The topological polar surface area (TPSA) is 66.1 Å². The largest absolute Gasteiger partial charge is 0.332 e. The lowest BCUT2D eigenvalue weighted by Crippen LogP contribution is -2.33. The number of aryl methyl sites for hydroxylation is 1. The SMILES string of the molecule is Cc1ncc(S(=O)(=O)N2CCSC(C)(C)CC2)[nH]1. The number of thioether (sulfide) groups is 1. The molecule has 0 aliphatic carbocycles. The zero-order chi connectivity index (χ0) is 13.4. The minimum absolute atomic E-state index is 0.147. The fraction of sp³-hybridized carbons (Fsp3) is 0.727. The summed E-state index contributed by atoms with van der Waals surface area (Å²) in [5, 5.41) is 0.199. The van der Waals surface area contributed by atoms with Crippen LogP contribution in [0.2, 0.25) is 0 Å². The molecule has 1 fully saturated rings. The summed E-state index contributed by atoms with van der Waals surface area (Å²) >= 11 is 1.83. The number of hydrogen-bond donors (Lipinski definition) is 1. The van der Waals surface area contributed by atoms with Gasteiger partial charge in [-0.25, -0.2) is 13.4 Å². The fourth-order valence-electron chi connectivity index (χ4n) is 1.91. The van der Waals surface area contributed by atoms with E-state index in [1.54, 1.807) is 11.2 Å². The zero-order valence-corrected chi connectivity index (χ0v) is 12.6. The van der Waals surface area contributed by atoms with E-state index in [9.17, 15) is 8.42 Å². The molecule has 5 nitrogen and oxygen atoms in total. The first kappa shape index (κ1) is 13.9. The van der Waals surface area contributed by atoms with Gasteiger partial charge in [-0.2, -0.15) is 16.1 Å². The van der Waals surface area contributed by atoms with Gasteiger partial charge in [0.05, 0.1) is 6.20 Å². The summed E-state index contributed by atoms with van der Waals surface area (Å²) in [5.41, 5.74) is 0. The molecular weight excluding hydrogens is 270 g/mol. The molecule has 0 aromatic carbocycles. The molecule has 1 N–H and O–H groups in total. The highest BCUT2D eigenvalue weighted by atomic mass is 32.2. The highest BCUT2D eigenvalue weighted by molar-refractivity contribution is 8.00. The number of sulfonamides is 1. The maximum atomic E-state index is 12.4. The Morgan fingerprint density at radius 2 is 2.17 bits per heavy atom. The minimum atomic E-state index is -3.41. The Bertz CT molecular complexity index is 522. The summed E-state index contributed by atoms with van der Waals surface area (Å²) in [4.78, 5) is 6.77. The third kappa shape index (κ3) is 2.89. The first-order valence-electron chi connectivity index (χ1n) is 5.97. The van der Waals surface area contributed by atoms with Gasteiger partial charge in [0.2, 0.25) is 0 Å². The summed E-state index contributed by atoms with van der Waals surface area (Å²) < 4.78 is 26.5. The van der Waals surface area contributed by atoms with E-state index in [0.717, 1.165) is 12.2 Å². The lowest BCUT2D eigenvalue weighted by atomic mass is 10.1. The molecule has 2 rings (SSSR count). The molecule has 1 aliphatic heterocycles. The summed E-state index contributed by atoms with van der Waals surface area (Å²) in [6.45, 7) is 7.21. The molecule has 0 amide bonds. The zero-order valence-electron chi connectivity index (χ0n) is 10.9. The summed E-state index contributed by atoms with van der Waals surface area (Å²) in [6.07, 6.45) is 2.26. The Labute approximate surface area is 112 Å². The van der Waals surface area contributed by atoms with Crippen LogP contribution < -0.4 is 0 Å². The molecule has 2 heterocycles. The Morgan fingerprint density at radius 1 is 1.44 bits per heavy atom. The third-order valence-electron chi connectivity index (χ3n) is 3.09. The quantitative estimate of drug-likeness (QED) is 0.898. The maximum Gasteiger partial charge on any atom is 0.260 e. The predicted octanol–water partition coefficient (Wildman–Crippen LogP) is 1.62. The van der Waals surface area contributed by atoms with Crippen molar-refractivity contribution >= 4 is 21.8 Å². The van der Waals surface area contributed by atoms with Crippen LogP contribution in [-0.2, 0) is 10.0 Å². The molecule has 0 spiro atoms. The van der Waals surface area contributed by atoms with Crippen molar-refractivity contribution in [3.05, 3.63) is 12.0 Å². The first-order chi connectivity index (χ1) is 8.31. The molecule has 18 heavy (non-hydrogen) atoms. The monoisotopic (exact) mass is 289 g/mol. The minimum Gasteiger partial charge on any atom is -0.332 e. The van der Waals surface area contributed by atoms with Crippen LogP contribution in [0.1, 0.15) is 26.1 Å². The predicted molar refractivity (Wildman–Crippen MR) is 73.2 cm³/mol. The summed E-state index contributed by atoms with van der Waals surface area (Å²) in [7, 11) is -3.41. The van der Waals surface area contributed by atoms with E-state index in [4.69, 9.17) is 0 Å². The first-order valence-corrected chi connectivity index (χ1v) is 8.39. The number of imidazole rings is 1. The molecule has 0 unspecified atom stereocenters. The second-order valence-electron chi connectivity index (χ2n) is 5.10. The molecule has 7 heteroatoms. The van der Waals surface area contributed by atoms with Crippen LogP contribution in [-0.4, -0.2) is 46.3 Å². The van der Waals surface area contributed by atoms with Gasteiger partial charge in [-0.05, 0) is 13.3 Å². The molecule has 0 atom stereocenters. The van der Waals surface area contributed by atoms with Crippen LogP contribution in [0, 0.1) is 6.92 Å². The number of nitrogens with zero attached hydrogens (tertiary/aromatic N) is 2. The number of H-pyrrole nitrogens is 1. The van der Waals surface area contributed by atoms with Crippen LogP contribution in [0.4, 0.5) is 0 Å². The van der Waals surface area contributed by atoms with Crippen molar-refractivity contribution in [2.45, 2.75) is 37.0 Å². The van der Waals surface area contributed by atoms with Crippen molar-refractivity contribution in [3.63, 3.8) is 0 Å². The molecular formula is C11H19N3O2S2. The van der Waals surface area contributed by atoms with Gasteiger partial charge in [0.15, 0.2) is 5.03 Å². The number of hydrogen-bond acceptors (Lipinski definition) is 4. The highest BCUT2D eigenvalue weighted by Gasteiger charge is 2.31. The fourth-order valence-corrected chi connectivity index (χ4v) is 4.53. The second-order valence-corrected chi connectivity index (χ2v) is 8.80. The van der Waals surface area contributed by atoms with Gasteiger partial charge >= 0.3 is 0 Å². The van der Waals surface area contributed by atoms with Crippen molar-refractivity contribution in [1.82, 2.24) is 14.3 Å². The van der Waals surface area contributed by atoms with E-state index in [1.807, 2.05) is 11.8 Å². The van der Waals surface area contributed by atoms with Crippen LogP contribution in [0.25, 0.3) is 0 Å². The molecule has 1 aliphatic rings. The lowest BCUT2D eigenvalue weighted by molar-refractivity contribution is 0.413. The van der Waals surface area contributed by atoms with Crippen molar-refractivity contribution in [2.24, 2.45) is 0 Å². The van der Waals surface area contributed by atoms with E-state index >= 15 is 0 Å². The third-order valence-corrected chi connectivity index (χ3v) is 6.27. The van der Waals surface area contributed by atoms with Gasteiger partial charge in [-0.1, -0.05) is 13.8 Å². The van der Waals surface area contributed by atoms with Crippen LogP contribution in [0.5, 0.6) is 0 Å². The van der Waals surface area contributed by atoms with E-state index < -0.39 is 10.0 Å². The van der Waals surface area contributed by atoms with Crippen LogP contribution in [0.15, 0.2) is 11.2 Å². The molecule has 1 aromatic rings. The number of nitrogens with one attached hydrogen (secondary N) is 1. The van der Waals surface area contributed by atoms with Gasteiger partial charge in [-0.3, -0.25) is 0 Å². The van der Waals surface area contributed by atoms with Crippen molar-refractivity contribution in [2.75, 3.05) is 18.8 Å². The van der Waals surface area contributed by atoms with Gasteiger partial charge in [0.25, 0.3) is 10.0 Å². The molecule has 0 saturated carbocycles. The average Bonchev–Trinajstić information content (AvgIpc) is 2.61. The smallest absolute Gasteiger partial charge is 0.260 e. The molecule has 1 aromatic heterocycles. The number of rotatable bonds is 2. The van der Waals surface area contributed by atoms with E-state index in [-0.39, 0.29) is 9.77 Å². The van der Waals surface area contributed by atoms with E-state index in [0.29, 0.717) is 18.9 Å². The Kier molecular flexibility index (Phi) is 3.75.